The molecule has 0 aromatic carbocycles. The zero-order chi connectivity index (χ0) is 11.9. The Morgan fingerprint density at radius 3 is 2.00 bits per heavy atom. The fraction of sp³-hybridized carbons (Fsp3) is 1.00. The molecule has 0 heterocycles. The molecule has 0 saturated heterocycles. The molecule has 0 unspecified atom stereocenters. The monoisotopic (exact) mass is 215 g/mol. The van der Waals surface area contributed by atoms with Gasteiger partial charge in [0.2, 0.25) is 0 Å². The van der Waals surface area contributed by atoms with Crippen LogP contribution in [0.5, 0.6) is 0 Å². The molecular weight excluding hydrogens is 186 g/mol. The zero-order valence-electron chi connectivity index (χ0n) is 11.4. The van der Waals surface area contributed by atoms with Crippen LogP contribution < -0.4 is 5.32 Å². The molecule has 0 spiro atoms. The Kier molecular flexibility index (Phi) is 6.46. The molecule has 0 fully saturated rings. The molecule has 0 rings (SSSR count). The molecule has 0 aliphatic heterocycles. The molecule has 15 heavy (non-hydrogen) atoms. The van der Waals surface area contributed by atoms with Crippen LogP contribution in [0.4, 0.5) is 0 Å². The van der Waals surface area contributed by atoms with Gasteiger partial charge in [-0.25, -0.2) is 0 Å². The Labute approximate surface area is 95.8 Å². The van der Waals surface area contributed by atoms with Crippen LogP contribution in [-0.2, 0) is 4.74 Å². The first-order valence-corrected chi connectivity index (χ1v) is 6.05. The molecule has 0 aliphatic rings. The van der Waals surface area contributed by atoms with Crippen molar-refractivity contribution in [1.29, 1.82) is 0 Å². The van der Waals surface area contributed by atoms with Crippen molar-refractivity contribution in [1.82, 2.24) is 5.32 Å². The molecule has 0 amide bonds. The lowest BCUT2D eigenvalue weighted by atomic mass is 9.89. The van der Waals surface area contributed by atoms with Crippen LogP contribution in [0.25, 0.3) is 0 Å². The van der Waals surface area contributed by atoms with Gasteiger partial charge in [-0.2, -0.15) is 0 Å². The minimum absolute atomic E-state index is 0.233. The number of hydrogen-bond acceptors (Lipinski definition) is 2. The SMILES string of the molecule is CCCC(C)(C)COCC(C)(C)CNC. The maximum absolute atomic E-state index is 5.83. The molecular formula is C13H29NO. The number of hydrogen-bond donors (Lipinski definition) is 1. The third-order valence-corrected chi connectivity index (χ3v) is 2.57. The number of ether oxygens (including phenoxy) is 1. The van der Waals surface area contributed by atoms with E-state index in [0.29, 0.717) is 5.41 Å². The standard InChI is InChI=1S/C13H29NO/c1-7-8-12(2,3)10-15-11-13(4,5)9-14-6/h14H,7-11H2,1-6H3. The summed E-state index contributed by atoms with van der Waals surface area (Å²) in [7, 11) is 1.99. The summed E-state index contributed by atoms with van der Waals surface area (Å²) >= 11 is 0. The molecule has 1 N–H and O–H groups in total. The lowest BCUT2D eigenvalue weighted by Crippen LogP contribution is -2.32. The summed E-state index contributed by atoms with van der Waals surface area (Å²) in [6.07, 6.45) is 2.47. The highest BCUT2D eigenvalue weighted by atomic mass is 16.5. The average Bonchev–Trinajstić information content (AvgIpc) is 2.02. The van der Waals surface area contributed by atoms with Gasteiger partial charge in [0.05, 0.1) is 13.2 Å². The lowest BCUT2D eigenvalue weighted by Gasteiger charge is -2.28. The van der Waals surface area contributed by atoms with Crippen molar-refractivity contribution in [2.24, 2.45) is 10.8 Å². The summed E-state index contributed by atoms with van der Waals surface area (Å²) in [4.78, 5) is 0. The first-order chi connectivity index (χ1) is 6.83. The van der Waals surface area contributed by atoms with Crippen LogP contribution in [0.15, 0.2) is 0 Å². The first-order valence-electron chi connectivity index (χ1n) is 6.05. The molecule has 0 atom stereocenters. The molecule has 0 bridgehead atoms. The van der Waals surface area contributed by atoms with Crippen LogP contribution in [0.1, 0.15) is 47.5 Å². The summed E-state index contributed by atoms with van der Waals surface area (Å²) in [6.45, 7) is 14.0. The molecule has 2 nitrogen and oxygen atoms in total. The lowest BCUT2D eigenvalue weighted by molar-refractivity contribution is 0.0130. The van der Waals surface area contributed by atoms with Crippen molar-refractivity contribution in [3.63, 3.8) is 0 Å². The second-order valence-corrected chi connectivity index (χ2v) is 6.10. The van der Waals surface area contributed by atoms with Gasteiger partial charge in [0.25, 0.3) is 0 Å². The van der Waals surface area contributed by atoms with Crippen LogP contribution in [0.3, 0.4) is 0 Å². The highest BCUT2D eigenvalue weighted by Crippen LogP contribution is 2.23. The van der Waals surface area contributed by atoms with E-state index in [1.54, 1.807) is 0 Å². The maximum Gasteiger partial charge on any atom is 0.0529 e. The summed E-state index contributed by atoms with van der Waals surface area (Å²) in [5, 5.41) is 3.20. The zero-order valence-corrected chi connectivity index (χ0v) is 11.4. The van der Waals surface area contributed by atoms with E-state index in [0.717, 1.165) is 19.8 Å². The first kappa shape index (κ1) is 14.9. The molecule has 2 heteroatoms. The Balaban J connectivity index is 3.77. The summed E-state index contributed by atoms with van der Waals surface area (Å²) < 4.78 is 5.83. The minimum Gasteiger partial charge on any atom is -0.380 e. The number of nitrogens with one attached hydrogen (secondary N) is 1. The van der Waals surface area contributed by atoms with Gasteiger partial charge in [-0.05, 0) is 18.9 Å². The molecule has 0 aromatic heterocycles. The van der Waals surface area contributed by atoms with E-state index in [1.807, 2.05) is 7.05 Å². The minimum atomic E-state index is 0.233. The highest BCUT2D eigenvalue weighted by Gasteiger charge is 2.21. The Morgan fingerprint density at radius 2 is 1.53 bits per heavy atom. The molecule has 92 valence electrons. The van der Waals surface area contributed by atoms with Crippen LogP contribution >= 0.6 is 0 Å². The molecule has 0 radical (unpaired) electrons. The largest absolute Gasteiger partial charge is 0.380 e. The fourth-order valence-corrected chi connectivity index (χ4v) is 1.88. The van der Waals surface area contributed by atoms with Gasteiger partial charge in [-0.15, -0.1) is 0 Å². The van der Waals surface area contributed by atoms with Crippen molar-refractivity contribution in [3.8, 4) is 0 Å². The van der Waals surface area contributed by atoms with Crippen molar-refractivity contribution >= 4 is 0 Å². The van der Waals surface area contributed by atoms with Crippen molar-refractivity contribution in [3.05, 3.63) is 0 Å². The van der Waals surface area contributed by atoms with Crippen LogP contribution in [-0.4, -0.2) is 26.8 Å². The maximum atomic E-state index is 5.83. The third-order valence-electron chi connectivity index (χ3n) is 2.57. The van der Waals surface area contributed by atoms with E-state index < -0.39 is 0 Å². The van der Waals surface area contributed by atoms with Crippen molar-refractivity contribution < 1.29 is 4.74 Å². The molecule has 0 aliphatic carbocycles. The van der Waals surface area contributed by atoms with Crippen LogP contribution in [0, 0.1) is 10.8 Å². The topological polar surface area (TPSA) is 21.3 Å². The second-order valence-electron chi connectivity index (χ2n) is 6.10. The van der Waals surface area contributed by atoms with E-state index in [-0.39, 0.29) is 5.41 Å². The normalized spacial score (nSPS) is 13.2. The van der Waals surface area contributed by atoms with E-state index in [4.69, 9.17) is 4.74 Å². The predicted octanol–water partition coefficient (Wildman–Crippen LogP) is 3.07. The van der Waals surface area contributed by atoms with Crippen molar-refractivity contribution in [2.45, 2.75) is 47.5 Å². The third kappa shape index (κ3) is 7.80. The fourth-order valence-electron chi connectivity index (χ4n) is 1.88. The highest BCUT2D eigenvalue weighted by molar-refractivity contribution is 4.72. The number of rotatable bonds is 8. The Morgan fingerprint density at radius 1 is 1.00 bits per heavy atom. The van der Waals surface area contributed by atoms with Gasteiger partial charge >= 0.3 is 0 Å². The van der Waals surface area contributed by atoms with E-state index in [9.17, 15) is 0 Å². The summed E-state index contributed by atoms with van der Waals surface area (Å²) in [5.74, 6) is 0. The van der Waals surface area contributed by atoms with E-state index in [1.165, 1.54) is 12.8 Å². The van der Waals surface area contributed by atoms with Crippen molar-refractivity contribution in [2.75, 3.05) is 26.8 Å². The van der Waals surface area contributed by atoms with Gasteiger partial charge in [0.15, 0.2) is 0 Å². The van der Waals surface area contributed by atoms with E-state index in [2.05, 4.69) is 39.9 Å². The van der Waals surface area contributed by atoms with Gasteiger partial charge < -0.3 is 10.1 Å². The van der Waals surface area contributed by atoms with Gasteiger partial charge in [-0.3, -0.25) is 0 Å². The molecule has 0 aromatic rings. The predicted molar refractivity (Wildman–Crippen MR) is 67.2 cm³/mol. The second kappa shape index (κ2) is 6.49. The van der Waals surface area contributed by atoms with Gasteiger partial charge in [0, 0.05) is 12.0 Å². The Hall–Kier alpha value is -0.0800. The summed E-state index contributed by atoms with van der Waals surface area (Å²) in [6, 6.07) is 0. The Bertz CT molecular complexity index is 146. The van der Waals surface area contributed by atoms with E-state index >= 15 is 0 Å². The molecule has 0 saturated carbocycles. The van der Waals surface area contributed by atoms with Gasteiger partial charge in [-0.1, -0.05) is 41.0 Å². The van der Waals surface area contributed by atoms with Crippen LogP contribution in [0.2, 0.25) is 0 Å². The van der Waals surface area contributed by atoms with Gasteiger partial charge in [0.1, 0.15) is 0 Å². The quantitative estimate of drug-likeness (QED) is 0.672. The average molecular weight is 215 g/mol. The summed E-state index contributed by atoms with van der Waals surface area (Å²) in [5.41, 5.74) is 0.557. The smallest absolute Gasteiger partial charge is 0.0529 e.